The minimum Gasteiger partial charge on any atom is -0.368 e. The molecule has 1 aliphatic rings. The van der Waals surface area contributed by atoms with Crippen LogP contribution in [0.5, 0.6) is 0 Å². The zero-order valence-electron chi connectivity index (χ0n) is 9.11. The second-order valence-electron chi connectivity index (χ2n) is 3.78. The van der Waals surface area contributed by atoms with Crippen LogP contribution < -0.4 is 0 Å². The highest BCUT2D eigenvalue weighted by Crippen LogP contribution is 2.25. The number of hydrogen-bond acceptors (Lipinski definition) is 4. The van der Waals surface area contributed by atoms with Crippen LogP contribution in [0.25, 0.3) is 0 Å². The number of rotatable bonds is 5. The Balaban J connectivity index is 2.41. The molecule has 1 aliphatic carbocycles. The van der Waals surface area contributed by atoms with Crippen molar-refractivity contribution >= 4 is 10.1 Å². The Labute approximate surface area is 97.5 Å². The minimum absolute atomic E-state index is 0.197. The highest BCUT2D eigenvalue weighted by molar-refractivity contribution is 7.85. The molecular formula is C9H13F3O4S. The number of hydrogen-bond donors (Lipinski definition) is 0. The molecule has 0 aliphatic heterocycles. The SMILES string of the molecule is CS(=O)(=O)OC[C@@H]1C=CC[C@@H]1OCC(F)(F)F. The van der Waals surface area contributed by atoms with E-state index in [9.17, 15) is 21.6 Å². The summed E-state index contributed by atoms with van der Waals surface area (Å²) in [5.74, 6) is -0.466. The molecule has 0 aromatic carbocycles. The van der Waals surface area contributed by atoms with Crippen LogP contribution in [0, 0.1) is 5.92 Å². The van der Waals surface area contributed by atoms with E-state index in [-0.39, 0.29) is 6.61 Å². The quantitative estimate of drug-likeness (QED) is 0.563. The molecule has 0 saturated heterocycles. The normalized spacial score (nSPS) is 25.4. The summed E-state index contributed by atoms with van der Waals surface area (Å²) in [7, 11) is -3.59. The third kappa shape index (κ3) is 6.04. The Bertz CT molecular complexity index is 374. The molecule has 0 N–H and O–H groups in total. The van der Waals surface area contributed by atoms with Crippen LogP contribution in [0.3, 0.4) is 0 Å². The van der Waals surface area contributed by atoms with Crippen LogP contribution >= 0.6 is 0 Å². The summed E-state index contributed by atoms with van der Waals surface area (Å²) in [6.45, 7) is -1.54. The number of ether oxygens (including phenoxy) is 1. The first-order valence-electron chi connectivity index (χ1n) is 4.87. The Hall–Kier alpha value is -0.600. The second-order valence-corrected chi connectivity index (χ2v) is 5.42. The van der Waals surface area contributed by atoms with Crippen LogP contribution in [-0.4, -0.2) is 40.2 Å². The second kappa shape index (κ2) is 5.36. The van der Waals surface area contributed by atoms with E-state index in [2.05, 4.69) is 8.92 Å². The third-order valence-corrected chi connectivity index (χ3v) is 2.73. The van der Waals surface area contributed by atoms with E-state index in [1.165, 1.54) is 0 Å². The molecule has 0 spiro atoms. The Kier molecular flexibility index (Phi) is 4.56. The maximum absolute atomic E-state index is 11.9. The lowest BCUT2D eigenvalue weighted by Crippen LogP contribution is -2.28. The van der Waals surface area contributed by atoms with E-state index in [4.69, 9.17) is 0 Å². The van der Waals surface area contributed by atoms with Gasteiger partial charge in [-0.25, -0.2) is 0 Å². The zero-order valence-corrected chi connectivity index (χ0v) is 9.92. The molecule has 0 aromatic heterocycles. The van der Waals surface area contributed by atoms with Crippen LogP contribution in [0.2, 0.25) is 0 Å². The Morgan fingerprint density at radius 2 is 2.06 bits per heavy atom. The van der Waals surface area contributed by atoms with Crippen LogP contribution in [0.1, 0.15) is 6.42 Å². The third-order valence-electron chi connectivity index (χ3n) is 2.16. The first-order valence-corrected chi connectivity index (χ1v) is 6.68. The van der Waals surface area contributed by atoms with E-state index in [1.54, 1.807) is 12.2 Å². The van der Waals surface area contributed by atoms with Gasteiger partial charge in [0.25, 0.3) is 10.1 Å². The first-order chi connectivity index (χ1) is 7.67. The molecule has 4 nitrogen and oxygen atoms in total. The topological polar surface area (TPSA) is 52.6 Å². The standard InChI is InChI=1S/C9H13F3O4S/c1-17(13,14)16-5-7-3-2-4-8(7)15-6-9(10,11)12/h2-3,7-8H,4-6H2,1H3/t7-,8-/m0/s1. The van der Waals surface area contributed by atoms with Gasteiger partial charge in [0, 0.05) is 5.92 Å². The van der Waals surface area contributed by atoms with Crippen molar-refractivity contribution in [2.45, 2.75) is 18.7 Å². The monoisotopic (exact) mass is 274 g/mol. The molecule has 1 rings (SSSR count). The largest absolute Gasteiger partial charge is 0.411 e. The van der Waals surface area contributed by atoms with E-state index in [0.717, 1.165) is 6.26 Å². The summed E-state index contributed by atoms with van der Waals surface area (Å²) >= 11 is 0. The fourth-order valence-corrected chi connectivity index (χ4v) is 1.85. The van der Waals surface area contributed by atoms with Gasteiger partial charge in [-0.1, -0.05) is 12.2 Å². The highest BCUT2D eigenvalue weighted by Gasteiger charge is 2.32. The summed E-state index contributed by atoms with van der Waals surface area (Å²) in [4.78, 5) is 0. The Morgan fingerprint density at radius 1 is 1.41 bits per heavy atom. The summed E-state index contributed by atoms with van der Waals surface area (Å²) < 4.78 is 66.5. The van der Waals surface area contributed by atoms with Crippen LogP contribution in [0.15, 0.2) is 12.2 Å². The lowest BCUT2D eigenvalue weighted by Gasteiger charge is -2.20. The molecule has 0 heterocycles. The predicted molar refractivity (Wildman–Crippen MR) is 53.8 cm³/mol. The predicted octanol–water partition coefficient (Wildman–Crippen LogP) is 1.49. The maximum Gasteiger partial charge on any atom is 0.411 e. The van der Waals surface area contributed by atoms with Crippen molar-refractivity contribution < 1.29 is 30.5 Å². The van der Waals surface area contributed by atoms with Gasteiger partial charge in [0.15, 0.2) is 0 Å². The highest BCUT2D eigenvalue weighted by atomic mass is 32.2. The maximum atomic E-state index is 11.9. The average Bonchev–Trinajstić information content (AvgIpc) is 2.56. The fraction of sp³-hybridized carbons (Fsp3) is 0.778. The van der Waals surface area contributed by atoms with E-state index in [0.29, 0.717) is 6.42 Å². The van der Waals surface area contributed by atoms with E-state index >= 15 is 0 Å². The van der Waals surface area contributed by atoms with Crippen molar-refractivity contribution in [1.82, 2.24) is 0 Å². The number of alkyl halides is 3. The van der Waals surface area contributed by atoms with Crippen molar-refractivity contribution in [2.24, 2.45) is 5.92 Å². The van der Waals surface area contributed by atoms with Gasteiger partial charge in [0.05, 0.1) is 19.0 Å². The molecule has 0 unspecified atom stereocenters. The molecule has 0 aromatic rings. The Morgan fingerprint density at radius 3 is 2.59 bits per heavy atom. The molecule has 2 atom stereocenters. The van der Waals surface area contributed by atoms with E-state index in [1.807, 2.05) is 0 Å². The van der Waals surface area contributed by atoms with Crippen molar-refractivity contribution in [3.8, 4) is 0 Å². The lowest BCUT2D eigenvalue weighted by atomic mass is 10.1. The molecule has 17 heavy (non-hydrogen) atoms. The van der Waals surface area contributed by atoms with Crippen molar-refractivity contribution in [1.29, 1.82) is 0 Å². The fourth-order valence-electron chi connectivity index (χ4n) is 1.44. The molecule has 0 bridgehead atoms. The van der Waals surface area contributed by atoms with Gasteiger partial charge >= 0.3 is 6.18 Å². The molecule has 8 heteroatoms. The summed E-state index contributed by atoms with van der Waals surface area (Å²) in [5.41, 5.74) is 0. The summed E-state index contributed by atoms with van der Waals surface area (Å²) in [6.07, 6.45) is -0.599. The molecule has 0 amide bonds. The van der Waals surface area contributed by atoms with Gasteiger partial charge in [-0.05, 0) is 6.42 Å². The van der Waals surface area contributed by atoms with Gasteiger partial charge in [-0.2, -0.15) is 21.6 Å². The first kappa shape index (κ1) is 14.5. The van der Waals surface area contributed by atoms with Crippen LogP contribution in [0.4, 0.5) is 13.2 Å². The molecule has 0 fully saturated rings. The summed E-state index contributed by atoms with van der Waals surface area (Å²) in [6, 6.07) is 0. The van der Waals surface area contributed by atoms with Gasteiger partial charge < -0.3 is 4.74 Å². The van der Waals surface area contributed by atoms with E-state index < -0.39 is 34.9 Å². The number of halogens is 3. The minimum atomic E-state index is -4.38. The average molecular weight is 274 g/mol. The molecule has 0 saturated carbocycles. The lowest BCUT2D eigenvalue weighted by molar-refractivity contribution is -0.188. The zero-order chi connectivity index (χ0) is 13.1. The molecular weight excluding hydrogens is 261 g/mol. The molecule has 0 radical (unpaired) electrons. The van der Waals surface area contributed by atoms with Gasteiger partial charge in [-0.15, -0.1) is 0 Å². The van der Waals surface area contributed by atoms with Crippen molar-refractivity contribution in [3.63, 3.8) is 0 Å². The van der Waals surface area contributed by atoms with Gasteiger partial charge in [0.2, 0.25) is 0 Å². The van der Waals surface area contributed by atoms with Crippen molar-refractivity contribution in [2.75, 3.05) is 19.5 Å². The van der Waals surface area contributed by atoms with Gasteiger partial charge in [0.1, 0.15) is 6.61 Å². The van der Waals surface area contributed by atoms with Crippen LogP contribution in [-0.2, 0) is 19.0 Å². The van der Waals surface area contributed by atoms with Crippen molar-refractivity contribution in [3.05, 3.63) is 12.2 Å². The van der Waals surface area contributed by atoms with Gasteiger partial charge in [-0.3, -0.25) is 4.18 Å². The summed E-state index contributed by atoms with van der Waals surface area (Å²) in [5, 5.41) is 0. The molecule has 100 valence electrons. The smallest absolute Gasteiger partial charge is 0.368 e.